The molecule has 8 heteroatoms. The van der Waals surface area contributed by atoms with Gasteiger partial charge in [-0.05, 0) is 18.2 Å². The maximum atomic E-state index is 13.5. The summed E-state index contributed by atoms with van der Waals surface area (Å²) in [5.74, 6) is -1.49. The third kappa shape index (κ3) is 2.89. The standard InChI is InChI=1S/C12H7ClFN3O3/c13-11-8(2-1-5-15-11)12(18)16-10-6-7(17(19)20)3-4-9(10)14/h1-6H,(H,16,18). The number of carbonyl (C=O) groups excluding carboxylic acids is 1. The fraction of sp³-hybridized carbons (Fsp3) is 0. The van der Waals surface area contributed by atoms with Gasteiger partial charge in [0.05, 0.1) is 16.2 Å². The third-order valence-corrected chi connectivity index (χ3v) is 2.71. The first-order valence-electron chi connectivity index (χ1n) is 5.35. The Labute approximate surface area is 117 Å². The SMILES string of the molecule is O=C(Nc1cc([N+](=O)[O-])ccc1F)c1cccnc1Cl. The monoisotopic (exact) mass is 295 g/mol. The average molecular weight is 296 g/mol. The van der Waals surface area contributed by atoms with Gasteiger partial charge in [-0.2, -0.15) is 0 Å². The molecule has 0 atom stereocenters. The van der Waals surface area contributed by atoms with E-state index in [0.29, 0.717) is 0 Å². The second-order valence-electron chi connectivity index (χ2n) is 3.72. The van der Waals surface area contributed by atoms with Crippen LogP contribution in [-0.2, 0) is 0 Å². The number of benzene rings is 1. The van der Waals surface area contributed by atoms with Gasteiger partial charge < -0.3 is 5.32 Å². The van der Waals surface area contributed by atoms with Gasteiger partial charge in [0.2, 0.25) is 0 Å². The molecule has 1 N–H and O–H groups in total. The van der Waals surface area contributed by atoms with E-state index in [1.165, 1.54) is 18.3 Å². The van der Waals surface area contributed by atoms with E-state index in [0.717, 1.165) is 18.2 Å². The molecule has 1 aromatic carbocycles. The number of nitrogens with zero attached hydrogens (tertiary/aromatic N) is 2. The number of nitro groups is 1. The first-order chi connectivity index (χ1) is 9.49. The van der Waals surface area contributed by atoms with Crippen molar-refractivity contribution in [3.63, 3.8) is 0 Å². The van der Waals surface area contributed by atoms with Crippen LogP contribution in [0.4, 0.5) is 15.8 Å². The molecule has 102 valence electrons. The zero-order chi connectivity index (χ0) is 14.7. The third-order valence-electron chi connectivity index (χ3n) is 2.41. The Hall–Kier alpha value is -2.54. The number of carbonyl (C=O) groups is 1. The Bertz CT molecular complexity index is 693. The van der Waals surface area contributed by atoms with Crippen molar-refractivity contribution in [1.29, 1.82) is 0 Å². The number of rotatable bonds is 3. The molecule has 0 fully saturated rings. The summed E-state index contributed by atoms with van der Waals surface area (Å²) in [5.41, 5.74) is -0.594. The smallest absolute Gasteiger partial charge is 0.271 e. The maximum absolute atomic E-state index is 13.5. The number of anilines is 1. The second kappa shape index (κ2) is 5.62. The van der Waals surface area contributed by atoms with Gasteiger partial charge in [-0.1, -0.05) is 11.6 Å². The molecule has 0 aliphatic carbocycles. The zero-order valence-corrected chi connectivity index (χ0v) is 10.6. The lowest BCUT2D eigenvalue weighted by Gasteiger charge is -2.07. The minimum Gasteiger partial charge on any atom is -0.319 e. The van der Waals surface area contributed by atoms with Crippen LogP contribution < -0.4 is 5.32 Å². The highest BCUT2D eigenvalue weighted by molar-refractivity contribution is 6.33. The molecule has 0 radical (unpaired) electrons. The fourth-order valence-corrected chi connectivity index (χ4v) is 1.67. The van der Waals surface area contributed by atoms with Crippen molar-refractivity contribution in [2.24, 2.45) is 0 Å². The highest BCUT2D eigenvalue weighted by Crippen LogP contribution is 2.22. The Kier molecular flexibility index (Phi) is 3.90. The number of non-ortho nitro benzene ring substituents is 1. The van der Waals surface area contributed by atoms with E-state index < -0.39 is 16.6 Å². The van der Waals surface area contributed by atoms with Crippen LogP contribution in [-0.4, -0.2) is 15.8 Å². The number of pyridine rings is 1. The minimum absolute atomic E-state index is 0.0417. The lowest BCUT2D eigenvalue weighted by atomic mass is 10.2. The summed E-state index contributed by atoms with van der Waals surface area (Å²) >= 11 is 5.73. The lowest BCUT2D eigenvalue weighted by Crippen LogP contribution is -2.14. The summed E-state index contributed by atoms with van der Waals surface area (Å²) in [6, 6.07) is 5.72. The summed E-state index contributed by atoms with van der Waals surface area (Å²) in [6.07, 6.45) is 1.40. The molecule has 0 aliphatic heterocycles. The Morgan fingerprint density at radius 3 is 2.80 bits per heavy atom. The predicted octanol–water partition coefficient (Wildman–Crippen LogP) is 3.03. The molecule has 0 aliphatic rings. The van der Waals surface area contributed by atoms with Crippen molar-refractivity contribution >= 4 is 28.9 Å². The molecule has 1 aromatic heterocycles. The number of hydrogen-bond acceptors (Lipinski definition) is 4. The van der Waals surface area contributed by atoms with Gasteiger partial charge in [0, 0.05) is 18.3 Å². The molecule has 1 heterocycles. The summed E-state index contributed by atoms with van der Waals surface area (Å²) < 4.78 is 13.5. The van der Waals surface area contributed by atoms with Gasteiger partial charge in [0.25, 0.3) is 11.6 Å². The summed E-state index contributed by atoms with van der Waals surface area (Å²) in [4.78, 5) is 25.5. The van der Waals surface area contributed by atoms with Gasteiger partial charge in [-0.15, -0.1) is 0 Å². The normalized spacial score (nSPS) is 10.1. The lowest BCUT2D eigenvalue weighted by molar-refractivity contribution is -0.384. The van der Waals surface area contributed by atoms with Crippen molar-refractivity contribution in [1.82, 2.24) is 4.98 Å². The van der Waals surface area contributed by atoms with Crippen LogP contribution in [0.15, 0.2) is 36.5 Å². The van der Waals surface area contributed by atoms with Gasteiger partial charge >= 0.3 is 0 Å². The largest absolute Gasteiger partial charge is 0.319 e. The molecular formula is C12H7ClFN3O3. The predicted molar refractivity (Wildman–Crippen MR) is 70.3 cm³/mol. The highest BCUT2D eigenvalue weighted by atomic mass is 35.5. The van der Waals surface area contributed by atoms with E-state index in [9.17, 15) is 19.3 Å². The van der Waals surface area contributed by atoms with Gasteiger partial charge in [-0.3, -0.25) is 14.9 Å². The van der Waals surface area contributed by atoms with Crippen molar-refractivity contribution in [3.8, 4) is 0 Å². The minimum atomic E-state index is -0.788. The number of amides is 1. The summed E-state index contributed by atoms with van der Waals surface area (Å²) in [5, 5.41) is 12.8. The van der Waals surface area contributed by atoms with E-state index in [2.05, 4.69) is 10.3 Å². The van der Waals surface area contributed by atoms with E-state index in [1.807, 2.05) is 0 Å². The Balaban J connectivity index is 2.30. The van der Waals surface area contributed by atoms with Crippen LogP contribution >= 0.6 is 11.6 Å². The average Bonchev–Trinajstić information content (AvgIpc) is 2.41. The van der Waals surface area contributed by atoms with E-state index in [1.54, 1.807) is 0 Å². The van der Waals surface area contributed by atoms with Gasteiger partial charge in [0.15, 0.2) is 0 Å². The van der Waals surface area contributed by atoms with Crippen LogP contribution in [0.2, 0.25) is 5.15 Å². The van der Waals surface area contributed by atoms with Crippen LogP contribution in [0.1, 0.15) is 10.4 Å². The number of hydrogen-bond donors (Lipinski definition) is 1. The van der Waals surface area contributed by atoms with Crippen molar-refractivity contribution in [3.05, 3.63) is 63.2 Å². The van der Waals surface area contributed by atoms with E-state index >= 15 is 0 Å². The zero-order valence-electron chi connectivity index (χ0n) is 9.84. The fourth-order valence-electron chi connectivity index (χ4n) is 1.47. The molecule has 0 bridgehead atoms. The molecule has 0 saturated carbocycles. The van der Waals surface area contributed by atoms with Crippen LogP contribution in [0.5, 0.6) is 0 Å². The first kappa shape index (κ1) is 13.9. The van der Waals surface area contributed by atoms with Crippen molar-refractivity contribution in [2.75, 3.05) is 5.32 Å². The number of aromatic nitrogens is 1. The van der Waals surface area contributed by atoms with Crippen LogP contribution in [0.3, 0.4) is 0 Å². The van der Waals surface area contributed by atoms with Gasteiger partial charge in [-0.25, -0.2) is 9.37 Å². The highest BCUT2D eigenvalue weighted by Gasteiger charge is 2.16. The molecule has 1 amide bonds. The topological polar surface area (TPSA) is 85.1 Å². The number of nitrogens with one attached hydrogen (secondary N) is 1. The molecule has 0 spiro atoms. The van der Waals surface area contributed by atoms with Crippen molar-refractivity contribution in [2.45, 2.75) is 0 Å². The Morgan fingerprint density at radius 1 is 1.40 bits per heavy atom. The first-order valence-corrected chi connectivity index (χ1v) is 5.72. The summed E-state index contributed by atoms with van der Waals surface area (Å²) in [7, 11) is 0. The maximum Gasteiger partial charge on any atom is 0.271 e. The molecule has 2 aromatic rings. The molecule has 6 nitrogen and oxygen atoms in total. The second-order valence-corrected chi connectivity index (χ2v) is 4.08. The molecule has 0 saturated heterocycles. The number of nitro benzene ring substituents is 1. The quantitative estimate of drug-likeness (QED) is 0.536. The van der Waals surface area contributed by atoms with Crippen LogP contribution in [0.25, 0.3) is 0 Å². The number of halogens is 2. The van der Waals surface area contributed by atoms with E-state index in [4.69, 9.17) is 11.6 Å². The summed E-state index contributed by atoms with van der Waals surface area (Å²) in [6.45, 7) is 0. The van der Waals surface area contributed by atoms with Crippen LogP contribution in [0, 0.1) is 15.9 Å². The van der Waals surface area contributed by atoms with E-state index in [-0.39, 0.29) is 22.1 Å². The molecule has 0 unspecified atom stereocenters. The molecule has 2 rings (SSSR count). The van der Waals surface area contributed by atoms with Gasteiger partial charge in [0.1, 0.15) is 11.0 Å². The molecular weight excluding hydrogens is 289 g/mol. The van der Waals surface area contributed by atoms with Crippen molar-refractivity contribution < 1.29 is 14.1 Å². The Morgan fingerprint density at radius 2 is 2.15 bits per heavy atom. The molecule has 20 heavy (non-hydrogen) atoms.